The zero-order valence-corrected chi connectivity index (χ0v) is 18.2. The van der Waals surface area contributed by atoms with E-state index in [1.54, 1.807) is 12.1 Å². The molecule has 4 aromatic rings. The Balaban J connectivity index is 1.86. The van der Waals surface area contributed by atoms with Gasteiger partial charge in [0, 0.05) is 23.4 Å². The van der Waals surface area contributed by atoms with E-state index in [1.165, 1.54) is 42.1 Å². The van der Waals surface area contributed by atoms with Gasteiger partial charge in [-0.05, 0) is 49.7 Å². The number of benzene rings is 2. The van der Waals surface area contributed by atoms with Crippen molar-refractivity contribution in [2.75, 3.05) is 13.7 Å². The van der Waals surface area contributed by atoms with Gasteiger partial charge in [-0.1, -0.05) is 0 Å². The first-order valence-corrected chi connectivity index (χ1v) is 10.7. The number of nitrogens with zero attached hydrogens (tertiary/aromatic N) is 4. The maximum atomic E-state index is 14.6. The van der Waals surface area contributed by atoms with Crippen LogP contribution in [0.5, 0.6) is 5.75 Å². The van der Waals surface area contributed by atoms with Crippen molar-refractivity contribution in [3.63, 3.8) is 0 Å². The minimum atomic E-state index is -0.616. The first-order chi connectivity index (χ1) is 16.5. The molecule has 0 amide bonds. The molecule has 34 heavy (non-hydrogen) atoms. The third-order valence-electron chi connectivity index (χ3n) is 5.91. The molecule has 2 aromatic heterocycles. The molecule has 1 fully saturated rings. The summed E-state index contributed by atoms with van der Waals surface area (Å²) in [6.45, 7) is 0.754. The lowest BCUT2D eigenvalue weighted by atomic mass is 10.0. The second-order valence-corrected chi connectivity index (χ2v) is 8.00. The molecule has 1 aliphatic rings. The van der Waals surface area contributed by atoms with Crippen LogP contribution < -0.4 is 15.6 Å². The maximum Gasteiger partial charge on any atom is 0.266 e. The molecular formula is C25H19F2N5O2. The average molecular weight is 459 g/mol. The van der Waals surface area contributed by atoms with Crippen molar-refractivity contribution in [3.8, 4) is 28.6 Å². The van der Waals surface area contributed by atoms with Gasteiger partial charge in [-0.2, -0.15) is 5.26 Å². The van der Waals surface area contributed by atoms with Crippen LogP contribution in [-0.2, 0) is 0 Å². The highest BCUT2D eigenvalue weighted by molar-refractivity contribution is 5.94. The van der Waals surface area contributed by atoms with Crippen LogP contribution in [-0.4, -0.2) is 28.2 Å². The van der Waals surface area contributed by atoms with Gasteiger partial charge in [0.2, 0.25) is 0 Å². The van der Waals surface area contributed by atoms with E-state index >= 15 is 0 Å². The number of rotatable bonds is 4. The number of halogens is 2. The van der Waals surface area contributed by atoms with Gasteiger partial charge in [-0.15, -0.1) is 0 Å². The van der Waals surface area contributed by atoms with E-state index in [4.69, 9.17) is 9.72 Å². The van der Waals surface area contributed by atoms with E-state index in [1.807, 2.05) is 6.07 Å². The Labute approximate surface area is 193 Å². The zero-order chi connectivity index (χ0) is 23.8. The first-order valence-electron chi connectivity index (χ1n) is 10.7. The summed E-state index contributed by atoms with van der Waals surface area (Å²) in [4.78, 5) is 22.6. The molecule has 1 atom stereocenters. The smallest absolute Gasteiger partial charge is 0.266 e. The summed E-state index contributed by atoms with van der Waals surface area (Å²) in [6.07, 6.45) is 4.16. The van der Waals surface area contributed by atoms with Crippen molar-refractivity contribution in [1.29, 1.82) is 5.26 Å². The third-order valence-corrected chi connectivity index (χ3v) is 5.91. The SMILES string of the molecule is COc1ccc(-n2c(C3CCCN3)nc3c(-c4cncc(F)c4)cc(C#N)cc3c2=O)cc1F. The first kappa shape index (κ1) is 21.7. The summed E-state index contributed by atoms with van der Waals surface area (Å²) in [5, 5.41) is 13.1. The van der Waals surface area contributed by atoms with Crippen molar-refractivity contribution >= 4 is 10.9 Å². The highest BCUT2D eigenvalue weighted by atomic mass is 19.1. The van der Waals surface area contributed by atoms with Crippen LogP contribution in [0.3, 0.4) is 0 Å². The van der Waals surface area contributed by atoms with Crippen molar-refractivity contribution < 1.29 is 13.5 Å². The van der Waals surface area contributed by atoms with E-state index < -0.39 is 17.2 Å². The van der Waals surface area contributed by atoms with Gasteiger partial charge in [0.25, 0.3) is 5.56 Å². The summed E-state index contributed by atoms with van der Waals surface area (Å²) in [5.41, 5.74) is 1.19. The summed E-state index contributed by atoms with van der Waals surface area (Å²) in [5.74, 6) is -0.698. The van der Waals surface area contributed by atoms with Gasteiger partial charge in [-0.3, -0.25) is 14.3 Å². The Kier molecular flexibility index (Phi) is 5.51. The number of nitriles is 1. The van der Waals surface area contributed by atoms with Gasteiger partial charge >= 0.3 is 0 Å². The number of hydrogen-bond donors (Lipinski definition) is 1. The summed E-state index contributed by atoms with van der Waals surface area (Å²) in [6, 6.07) is 10.3. The fourth-order valence-electron chi connectivity index (χ4n) is 4.33. The van der Waals surface area contributed by atoms with Gasteiger partial charge in [-0.25, -0.2) is 13.8 Å². The highest BCUT2D eigenvalue weighted by Crippen LogP contribution is 2.31. The van der Waals surface area contributed by atoms with E-state index in [0.717, 1.165) is 25.6 Å². The molecule has 170 valence electrons. The van der Waals surface area contributed by atoms with E-state index in [2.05, 4.69) is 10.3 Å². The van der Waals surface area contributed by atoms with Crippen molar-refractivity contribution in [3.05, 3.63) is 82.2 Å². The molecule has 0 radical (unpaired) electrons. The Morgan fingerprint density at radius 2 is 2.06 bits per heavy atom. The van der Waals surface area contributed by atoms with Gasteiger partial charge < -0.3 is 10.1 Å². The molecule has 5 rings (SSSR count). The van der Waals surface area contributed by atoms with Gasteiger partial charge in [0.15, 0.2) is 11.6 Å². The number of methoxy groups -OCH3 is 1. The number of hydrogen-bond acceptors (Lipinski definition) is 6. The van der Waals surface area contributed by atoms with E-state index in [-0.39, 0.29) is 28.4 Å². The third kappa shape index (κ3) is 3.68. The second-order valence-electron chi connectivity index (χ2n) is 8.00. The topological polar surface area (TPSA) is 92.8 Å². The molecule has 2 aromatic carbocycles. The number of aromatic nitrogens is 3. The number of pyridine rings is 1. The monoisotopic (exact) mass is 459 g/mol. The van der Waals surface area contributed by atoms with Crippen LogP contribution in [0.15, 0.2) is 53.6 Å². The van der Waals surface area contributed by atoms with Crippen molar-refractivity contribution in [1.82, 2.24) is 19.9 Å². The molecule has 1 saturated heterocycles. The fraction of sp³-hybridized carbons (Fsp3) is 0.200. The van der Waals surface area contributed by atoms with Gasteiger partial charge in [0.1, 0.15) is 11.6 Å². The molecule has 1 aliphatic heterocycles. The van der Waals surface area contributed by atoms with Gasteiger partial charge in [0.05, 0.1) is 47.6 Å². The van der Waals surface area contributed by atoms with Crippen LogP contribution in [0, 0.1) is 23.0 Å². The second kappa shape index (κ2) is 8.65. The minimum absolute atomic E-state index is 0.0544. The molecule has 3 heterocycles. The van der Waals surface area contributed by atoms with Crippen LogP contribution in [0.4, 0.5) is 8.78 Å². The van der Waals surface area contributed by atoms with Crippen LogP contribution in [0.1, 0.15) is 30.3 Å². The molecule has 0 saturated carbocycles. The summed E-state index contributed by atoms with van der Waals surface area (Å²) < 4.78 is 34.9. The Bertz CT molecular complexity index is 1520. The largest absolute Gasteiger partial charge is 0.494 e. The molecular weight excluding hydrogens is 440 g/mol. The predicted octanol–water partition coefficient (Wildman–Crippen LogP) is 4.03. The Morgan fingerprint density at radius 1 is 1.21 bits per heavy atom. The predicted molar refractivity (Wildman–Crippen MR) is 122 cm³/mol. The standard InChI is InChI=1S/C25H19F2N5O2/c1-34-22-5-4-17(10-20(22)27)32-24(21-3-2-6-30-21)31-23-18(15-9-16(26)13-29-12-15)7-14(11-28)8-19(23)25(32)33/h4-5,7-10,12-13,21,30H,2-3,6H2,1H3. The number of nitrogens with one attached hydrogen (secondary N) is 1. The Hall–Kier alpha value is -4.16. The van der Waals surface area contributed by atoms with E-state index in [0.29, 0.717) is 22.5 Å². The highest BCUT2D eigenvalue weighted by Gasteiger charge is 2.26. The quantitative estimate of drug-likeness (QED) is 0.495. The average Bonchev–Trinajstić information content (AvgIpc) is 3.38. The van der Waals surface area contributed by atoms with Crippen LogP contribution in [0.25, 0.3) is 27.7 Å². The lowest BCUT2D eigenvalue weighted by molar-refractivity contribution is 0.386. The molecule has 0 aliphatic carbocycles. The van der Waals surface area contributed by atoms with Crippen LogP contribution in [0.2, 0.25) is 0 Å². The molecule has 9 heteroatoms. The fourth-order valence-corrected chi connectivity index (χ4v) is 4.33. The normalized spacial score (nSPS) is 15.4. The molecule has 0 bridgehead atoms. The van der Waals surface area contributed by atoms with E-state index in [9.17, 15) is 18.8 Å². The zero-order valence-electron chi connectivity index (χ0n) is 18.2. The molecule has 0 spiro atoms. The number of fused-ring (bicyclic) bond motifs is 1. The van der Waals surface area contributed by atoms with Crippen molar-refractivity contribution in [2.45, 2.75) is 18.9 Å². The minimum Gasteiger partial charge on any atom is -0.494 e. The molecule has 1 N–H and O–H groups in total. The lowest BCUT2D eigenvalue weighted by Gasteiger charge is -2.20. The summed E-state index contributed by atoms with van der Waals surface area (Å²) >= 11 is 0. The lowest BCUT2D eigenvalue weighted by Crippen LogP contribution is -2.29. The Morgan fingerprint density at radius 3 is 2.74 bits per heavy atom. The molecule has 1 unspecified atom stereocenters. The van der Waals surface area contributed by atoms with Crippen molar-refractivity contribution in [2.24, 2.45) is 0 Å². The summed E-state index contributed by atoms with van der Waals surface area (Å²) in [7, 11) is 1.36. The molecule has 7 nitrogen and oxygen atoms in total. The maximum absolute atomic E-state index is 14.6. The van der Waals surface area contributed by atoms with Crippen LogP contribution >= 0.6 is 0 Å². The number of ether oxygens (including phenoxy) is 1.